The van der Waals surface area contributed by atoms with Gasteiger partial charge in [0, 0.05) is 31.1 Å². The van der Waals surface area contributed by atoms with Gasteiger partial charge in [-0.1, -0.05) is 0 Å². The molecule has 1 aliphatic heterocycles. The number of piperidine rings is 1. The number of aliphatic hydroxyl groups is 1. The average Bonchev–Trinajstić information content (AvgIpc) is 2.75. The Morgan fingerprint density at radius 3 is 2.57 bits per heavy atom. The number of nitrogens with one attached hydrogen (secondary N) is 1. The van der Waals surface area contributed by atoms with Gasteiger partial charge in [0.05, 0.1) is 18.2 Å². The molecule has 0 aliphatic carbocycles. The van der Waals surface area contributed by atoms with Crippen molar-refractivity contribution in [3.63, 3.8) is 0 Å². The number of nitrogens with zero attached hydrogens (tertiary/aromatic N) is 1. The second-order valence-corrected chi connectivity index (χ2v) is 7.73. The van der Waals surface area contributed by atoms with Crippen molar-refractivity contribution in [3.05, 3.63) is 58.4 Å². The summed E-state index contributed by atoms with van der Waals surface area (Å²) < 4.78 is 19.2. The highest BCUT2D eigenvalue weighted by Gasteiger charge is 2.22. The Bertz CT molecular complexity index is 937. The molecule has 0 bridgehead atoms. The van der Waals surface area contributed by atoms with E-state index in [9.17, 15) is 19.1 Å². The van der Waals surface area contributed by atoms with Crippen LogP contribution in [0.3, 0.4) is 0 Å². The monoisotopic (exact) mass is 414 g/mol. The number of aliphatic hydroxyl groups excluding tert-OH is 1. The van der Waals surface area contributed by atoms with Crippen LogP contribution in [0.25, 0.3) is 0 Å². The fraction of sp³-hybridized carbons (Fsp3) is 0.391. The Labute approximate surface area is 175 Å². The fourth-order valence-electron chi connectivity index (χ4n) is 3.91. The van der Waals surface area contributed by atoms with E-state index < -0.39 is 17.7 Å². The lowest BCUT2D eigenvalue weighted by atomic mass is 9.98. The van der Waals surface area contributed by atoms with Gasteiger partial charge in [0.25, 0.3) is 5.91 Å². The van der Waals surface area contributed by atoms with E-state index in [4.69, 9.17) is 4.74 Å². The standard InChI is InChI=1S/C23H27FN2O4/c1-14-9-17(23(29)30-3)10-15(2)21(14)25-22(28)19-11-18(6-7-20(19)24)26-8-4-5-16(12-26)13-27/h6-7,9-11,16,27H,4-5,8,12-13H2,1-3H3,(H,25,28)/t16-/m1/s1. The molecule has 2 aromatic rings. The van der Waals surface area contributed by atoms with E-state index in [0.29, 0.717) is 28.9 Å². The molecule has 160 valence electrons. The molecule has 0 saturated carbocycles. The summed E-state index contributed by atoms with van der Waals surface area (Å²) in [6, 6.07) is 7.77. The molecule has 0 unspecified atom stereocenters. The summed E-state index contributed by atoms with van der Waals surface area (Å²) in [4.78, 5) is 26.7. The number of esters is 1. The molecule has 1 heterocycles. The summed E-state index contributed by atoms with van der Waals surface area (Å²) in [5.74, 6) is -1.43. The van der Waals surface area contributed by atoms with Crippen molar-refractivity contribution < 1.29 is 23.8 Å². The number of ether oxygens (including phenoxy) is 1. The normalized spacial score (nSPS) is 16.3. The molecule has 2 aromatic carbocycles. The molecule has 3 rings (SSSR count). The van der Waals surface area contributed by atoms with E-state index in [-0.39, 0.29) is 18.1 Å². The maximum Gasteiger partial charge on any atom is 0.337 e. The van der Waals surface area contributed by atoms with Gasteiger partial charge in [-0.2, -0.15) is 0 Å². The Morgan fingerprint density at radius 1 is 1.23 bits per heavy atom. The Balaban J connectivity index is 1.84. The number of methoxy groups -OCH3 is 1. The van der Waals surface area contributed by atoms with Crippen LogP contribution < -0.4 is 10.2 Å². The minimum Gasteiger partial charge on any atom is -0.465 e. The summed E-state index contributed by atoms with van der Waals surface area (Å²) >= 11 is 0. The maximum atomic E-state index is 14.5. The van der Waals surface area contributed by atoms with E-state index in [1.807, 2.05) is 0 Å². The predicted molar refractivity (Wildman–Crippen MR) is 114 cm³/mol. The number of carbonyl (C=O) groups is 2. The molecular weight excluding hydrogens is 387 g/mol. The Hall–Kier alpha value is -2.93. The minimum atomic E-state index is -0.603. The number of anilines is 2. The zero-order chi connectivity index (χ0) is 21.8. The summed E-state index contributed by atoms with van der Waals surface area (Å²) in [6.07, 6.45) is 1.90. The summed E-state index contributed by atoms with van der Waals surface area (Å²) in [6.45, 7) is 5.13. The van der Waals surface area contributed by atoms with Gasteiger partial charge in [0.1, 0.15) is 5.82 Å². The van der Waals surface area contributed by atoms with Crippen LogP contribution in [0.2, 0.25) is 0 Å². The predicted octanol–water partition coefficient (Wildman–Crippen LogP) is 3.69. The highest BCUT2D eigenvalue weighted by Crippen LogP contribution is 2.27. The molecule has 1 amide bonds. The molecule has 1 saturated heterocycles. The second-order valence-electron chi connectivity index (χ2n) is 7.73. The third-order valence-electron chi connectivity index (χ3n) is 5.53. The molecule has 0 spiro atoms. The molecule has 1 atom stereocenters. The van der Waals surface area contributed by atoms with Crippen LogP contribution in [0.15, 0.2) is 30.3 Å². The number of hydrogen-bond acceptors (Lipinski definition) is 5. The van der Waals surface area contributed by atoms with Gasteiger partial charge in [-0.05, 0) is 74.1 Å². The lowest BCUT2D eigenvalue weighted by Gasteiger charge is -2.33. The van der Waals surface area contributed by atoms with Crippen LogP contribution in [-0.4, -0.2) is 43.8 Å². The number of rotatable bonds is 5. The smallest absolute Gasteiger partial charge is 0.337 e. The topological polar surface area (TPSA) is 78.9 Å². The molecule has 1 aliphatic rings. The van der Waals surface area contributed by atoms with Gasteiger partial charge in [0.2, 0.25) is 0 Å². The van der Waals surface area contributed by atoms with Crippen molar-refractivity contribution in [1.29, 1.82) is 0 Å². The molecule has 6 nitrogen and oxygen atoms in total. The van der Waals surface area contributed by atoms with Crippen LogP contribution in [0, 0.1) is 25.6 Å². The summed E-state index contributed by atoms with van der Waals surface area (Å²) in [5, 5.41) is 12.2. The van der Waals surface area contributed by atoms with Gasteiger partial charge in [-0.15, -0.1) is 0 Å². The van der Waals surface area contributed by atoms with Crippen LogP contribution >= 0.6 is 0 Å². The van der Waals surface area contributed by atoms with E-state index in [2.05, 4.69) is 10.2 Å². The molecule has 2 N–H and O–H groups in total. The molecule has 0 aromatic heterocycles. The number of hydrogen-bond donors (Lipinski definition) is 2. The van der Waals surface area contributed by atoms with Crippen molar-refractivity contribution in [3.8, 4) is 0 Å². The van der Waals surface area contributed by atoms with Gasteiger partial charge in [-0.3, -0.25) is 4.79 Å². The first-order valence-corrected chi connectivity index (χ1v) is 10.00. The van der Waals surface area contributed by atoms with Crippen LogP contribution in [0.4, 0.5) is 15.8 Å². The third kappa shape index (κ3) is 4.62. The first-order chi connectivity index (χ1) is 14.3. The van der Waals surface area contributed by atoms with Crippen LogP contribution in [-0.2, 0) is 4.74 Å². The first kappa shape index (κ1) is 21.8. The fourth-order valence-corrected chi connectivity index (χ4v) is 3.91. The van der Waals surface area contributed by atoms with Gasteiger partial charge >= 0.3 is 5.97 Å². The second kappa shape index (κ2) is 9.26. The highest BCUT2D eigenvalue weighted by atomic mass is 19.1. The zero-order valence-electron chi connectivity index (χ0n) is 17.5. The number of amides is 1. The Morgan fingerprint density at radius 2 is 1.93 bits per heavy atom. The van der Waals surface area contributed by atoms with Crippen molar-refractivity contribution in [1.82, 2.24) is 0 Å². The number of aryl methyl sites for hydroxylation is 2. The summed E-state index contributed by atoms with van der Waals surface area (Å²) in [5.41, 5.74) is 3.01. The molecule has 1 fully saturated rings. The van der Waals surface area contributed by atoms with Crippen molar-refractivity contribution >= 4 is 23.3 Å². The van der Waals surface area contributed by atoms with Crippen molar-refractivity contribution in [2.75, 3.05) is 37.0 Å². The van der Waals surface area contributed by atoms with Gasteiger partial charge in [0.15, 0.2) is 0 Å². The SMILES string of the molecule is COC(=O)c1cc(C)c(NC(=O)c2cc(N3CCC[C@@H](CO)C3)ccc2F)c(C)c1. The number of halogens is 1. The van der Waals surface area contributed by atoms with E-state index >= 15 is 0 Å². The van der Waals surface area contributed by atoms with Crippen LogP contribution in [0.5, 0.6) is 0 Å². The Kier molecular flexibility index (Phi) is 6.72. The third-order valence-corrected chi connectivity index (χ3v) is 5.53. The lowest BCUT2D eigenvalue weighted by Crippen LogP contribution is -2.37. The maximum absolute atomic E-state index is 14.5. The van der Waals surface area contributed by atoms with E-state index in [0.717, 1.165) is 25.1 Å². The highest BCUT2D eigenvalue weighted by molar-refractivity contribution is 6.06. The summed E-state index contributed by atoms with van der Waals surface area (Å²) in [7, 11) is 1.31. The zero-order valence-corrected chi connectivity index (χ0v) is 17.5. The van der Waals surface area contributed by atoms with Gasteiger partial charge in [-0.25, -0.2) is 9.18 Å². The number of carbonyl (C=O) groups excluding carboxylic acids is 2. The van der Waals surface area contributed by atoms with Crippen LogP contribution in [0.1, 0.15) is 44.7 Å². The first-order valence-electron chi connectivity index (χ1n) is 10.00. The van der Waals surface area contributed by atoms with Gasteiger partial charge < -0.3 is 20.1 Å². The lowest BCUT2D eigenvalue weighted by molar-refractivity contribution is 0.0600. The minimum absolute atomic E-state index is 0.0468. The van der Waals surface area contributed by atoms with E-state index in [1.54, 1.807) is 38.1 Å². The largest absolute Gasteiger partial charge is 0.465 e. The quantitative estimate of drug-likeness (QED) is 0.730. The average molecular weight is 414 g/mol. The van der Waals surface area contributed by atoms with Crippen molar-refractivity contribution in [2.24, 2.45) is 5.92 Å². The molecule has 30 heavy (non-hydrogen) atoms. The van der Waals surface area contributed by atoms with Crippen molar-refractivity contribution in [2.45, 2.75) is 26.7 Å². The van der Waals surface area contributed by atoms with E-state index in [1.165, 1.54) is 13.2 Å². The molecule has 0 radical (unpaired) electrons. The molecular formula is C23H27FN2O4. The number of benzene rings is 2. The molecule has 7 heteroatoms.